The second-order valence-electron chi connectivity index (χ2n) is 5.31. The fourth-order valence-corrected chi connectivity index (χ4v) is 2.25. The van der Waals surface area contributed by atoms with Gasteiger partial charge in [-0.1, -0.05) is 0 Å². The van der Waals surface area contributed by atoms with Crippen LogP contribution in [0.1, 0.15) is 13.3 Å². The van der Waals surface area contributed by atoms with Gasteiger partial charge in [-0.25, -0.2) is 4.79 Å². The monoisotopic (exact) mass is 334 g/mol. The summed E-state index contributed by atoms with van der Waals surface area (Å²) < 4.78 is 4.84. The Labute approximate surface area is 130 Å². The van der Waals surface area contributed by atoms with Gasteiger partial charge in [0.2, 0.25) is 11.5 Å². The summed E-state index contributed by atoms with van der Waals surface area (Å²) in [6.07, 6.45) is -6.63. The molecule has 1 aliphatic rings. The summed E-state index contributed by atoms with van der Waals surface area (Å²) in [5.74, 6) is -5.47. The summed E-state index contributed by atoms with van der Waals surface area (Å²) in [5.41, 5.74) is -2.77. The van der Waals surface area contributed by atoms with Crippen molar-refractivity contribution in [2.45, 2.75) is 49.1 Å². The number of hydrogen-bond acceptors (Lipinski definition) is 9. The minimum Gasteiger partial charge on any atom is -0.477 e. The van der Waals surface area contributed by atoms with Crippen LogP contribution in [0.2, 0.25) is 0 Å². The summed E-state index contributed by atoms with van der Waals surface area (Å²) in [6, 6.07) is -0.214. The van der Waals surface area contributed by atoms with Crippen LogP contribution in [0, 0.1) is 11.3 Å². The van der Waals surface area contributed by atoms with E-state index >= 15 is 0 Å². The number of carboxylic acids is 1. The smallest absolute Gasteiger partial charge is 0.364 e. The lowest BCUT2D eigenvalue weighted by atomic mass is 9.84. The molecule has 0 aromatic carbocycles. The summed E-state index contributed by atoms with van der Waals surface area (Å²) in [7, 11) is 0. The van der Waals surface area contributed by atoms with E-state index in [0.717, 1.165) is 6.92 Å². The molecule has 23 heavy (non-hydrogen) atoms. The molecule has 0 aromatic rings. The Morgan fingerprint density at radius 3 is 2.52 bits per heavy atom. The van der Waals surface area contributed by atoms with Gasteiger partial charge in [0.25, 0.3) is 5.79 Å². The van der Waals surface area contributed by atoms with Crippen molar-refractivity contribution in [1.82, 2.24) is 5.32 Å². The zero-order valence-corrected chi connectivity index (χ0v) is 12.1. The third-order valence-electron chi connectivity index (χ3n) is 3.52. The van der Waals surface area contributed by atoms with Gasteiger partial charge in [-0.15, -0.1) is 0 Å². The highest BCUT2D eigenvalue weighted by Gasteiger charge is 2.56. The molecule has 11 nitrogen and oxygen atoms in total. The number of aliphatic hydroxyl groups is 5. The van der Waals surface area contributed by atoms with Crippen LogP contribution in [0.15, 0.2) is 0 Å². The molecule has 1 saturated heterocycles. The van der Waals surface area contributed by atoms with Gasteiger partial charge in [0.1, 0.15) is 18.3 Å². The number of aliphatic hydroxyl groups excluding tert-OH is 3. The van der Waals surface area contributed by atoms with E-state index in [1.54, 1.807) is 0 Å². The Morgan fingerprint density at radius 1 is 1.57 bits per heavy atom. The molecule has 1 rings (SSSR count). The fraction of sp³-hybridized carbons (Fsp3) is 0.750. The minimum atomic E-state index is -2.91. The molecule has 0 unspecified atom stereocenters. The second-order valence-corrected chi connectivity index (χ2v) is 5.31. The molecule has 1 fully saturated rings. The first-order valence-corrected chi connectivity index (χ1v) is 6.52. The first kappa shape index (κ1) is 19.2. The molecule has 11 heteroatoms. The van der Waals surface area contributed by atoms with Crippen LogP contribution >= 0.6 is 0 Å². The summed E-state index contributed by atoms with van der Waals surface area (Å²) in [4.78, 5) is 22.3. The van der Waals surface area contributed by atoms with Crippen molar-refractivity contribution in [1.29, 1.82) is 5.26 Å². The number of aliphatic carboxylic acids is 1. The number of amides is 1. The van der Waals surface area contributed by atoms with Crippen molar-refractivity contribution >= 4 is 11.9 Å². The number of carbonyl (C=O) groups is 2. The summed E-state index contributed by atoms with van der Waals surface area (Å²) in [5, 5.41) is 68.8. The molecule has 0 radical (unpaired) electrons. The molecule has 1 amide bonds. The molecule has 0 bridgehead atoms. The van der Waals surface area contributed by atoms with Crippen LogP contribution in [0.25, 0.3) is 0 Å². The van der Waals surface area contributed by atoms with E-state index in [0.29, 0.717) is 0 Å². The quantitative estimate of drug-likeness (QED) is 0.243. The van der Waals surface area contributed by atoms with Gasteiger partial charge in [-0.3, -0.25) is 4.79 Å². The van der Waals surface area contributed by atoms with E-state index in [-0.39, 0.29) is 0 Å². The number of ether oxygens (including phenoxy) is 1. The van der Waals surface area contributed by atoms with Crippen LogP contribution in [0.4, 0.5) is 0 Å². The van der Waals surface area contributed by atoms with Gasteiger partial charge in [-0.05, 0) is 0 Å². The second kappa shape index (κ2) is 6.75. The van der Waals surface area contributed by atoms with E-state index in [1.165, 1.54) is 6.07 Å². The zero-order valence-electron chi connectivity index (χ0n) is 12.1. The van der Waals surface area contributed by atoms with Crippen molar-refractivity contribution in [3.05, 3.63) is 0 Å². The van der Waals surface area contributed by atoms with E-state index in [2.05, 4.69) is 5.32 Å². The molecule has 6 atom stereocenters. The molecule has 0 aliphatic carbocycles. The highest BCUT2D eigenvalue weighted by molar-refractivity contribution is 5.76. The first-order valence-electron chi connectivity index (χ1n) is 6.52. The van der Waals surface area contributed by atoms with Crippen molar-refractivity contribution in [3.8, 4) is 6.07 Å². The van der Waals surface area contributed by atoms with Crippen LogP contribution < -0.4 is 5.32 Å². The van der Waals surface area contributed by atoms with Crippen LogP contribution in [0.3, 0.4) is 0 Å². The average Bonchev–Trinajstić information content (AvgIpc) is 2.47. The molecule has 130 valence electrons. The molecule has 7 N–H and O–H groups in total. The standard InChI is InChI=1S/C12H18N2O9/c1-5(16)14-7-6(17)2-12(22,10(19)20)23-8(7)9(18)11(21,3-13)4-15/h6-9,15,17-18,21-22H,2,4H2,1H3,(H,14,16)(H,19,20)/t6-,7+,8+,9-,11+,12-/m0/s1. The van der Waals surface area contributed by atoms with Crippen molar-refractivity contribution in [3.63, 3.8) is 0 Å². The van der Waals surface area contributed by atoms with Gasteiger partial charge >= 0.3 is 5.97 Å². The van der Waals surface area contributed by atoms with Gasteiger partial charge in [0.05, 0.1) is 18.8 Å². The molecule has 0 spiro atoms. The van der Waals surface area contributed by atoms with Crippen LogP contribution in [-0.4, -0.2) is 84.9 Å². The number of nitrogens with zero attached hydrogens (tertiary/aromatic N) is 1. The molecular weight excluding hydrogens is 316 g/mol. The van der Waals surface area contributed by atoms with Gasteiger partial charge in [0.15, 0.2) is 0 Å². The number of carboxylic acid groups (broad SMARTS) is 1. The Balaban J connectivity index is 3.24. The Bertz CT molecular complexity index is 521. The van der Waals surface area contributed by atoms with E-state index < -0.39 is 60.6 Å². The fourth-order valence-electron chi connectivity index (χ4n) is 2.25. The molecule has 1 aliphatic heterocycles. The SMILES string of the molecule is CC(=O)N[C@H]1[C@H]([C@H](O)[C@@](O)(C#N)CO)O[C@](O)(C(=O)O)C[C@@H]1O. The third-order valence-corrected chi connectivity index (χ3v) is 3.52. The zero-order chi connectivity index (χ0) is 18.0. The maximum atomic E-state index is 11.2. The van der Waals surface area contributed by atoms with Crippen LogP contribution in [0.5, 0.6) is 0 Å². The molecule has 0 saturated carbocycles. The topological polar surface area (TPSA) is 201 Å². The first-order chi connectivity index (χ1) is 10.5. The van der Waals surface area contributed by atoms with Crippen LogP contribution in [-0.2, 0) is 14.3 Å². The lowest BCUT2D eigenvalue weighted by Crippen LogP contribution is -2.69. The lowest BCUT2D eigenvalue weighted by Gasteiger charge is -2.45. The maximum absolute atomic E-state index is 11.2. The number of hydrogen-bond donors (Lipinski definition) is 7. The van der Waals surface area contributed by atoms with E-state index in [1.807, 2.05) is 0 Å². The summed E-state index contributed by atoms with van der Waals surface area (Å²) in [6.45, 7) is -0.171. The highest BCUT2D eigenvalue weighted by Crippen LogP contribution is 2.32. The normalized spacial score (nSPS) is 34.7. The molecular formula is C12H18N2O9. The lowest BCUT2D eigenvalue weighted by molar-refractivity contribution is -0.298. The highest BCUT2D eigenvalue weighted by atomic mass is 16.7. The third kappa shape index (κ3) is 3.75. The predicted octanol–water partition coefficient (Wildman–Crippen LogP) is -3.98. The Hall–Kier alpha value is -1.81. The maximum Gasteiger partial charge on any atom is 0.364 e. The van der Waals surface area contributed by atoms with Crippen molar-refractivity contribution in [2.75, 3.05) is 6.61 Å². The number of carbonyl (C=O) groups excluding carboxylic acids is 1. The van der Waals surface area contributed by atoms with Crippen molar-refractivity contribution < 1.29 is 45.0 Å². The van der Waals surface area contributed by atoms with Gasteiger partial charge in [-0.2, -0.15) is 5.26 Å². The van der Waals surface area contributed by atoms with E-state index in [9.17, 15) is 30.0 Å². The largest absolute Gasteiger partial charge is 0.477 e. The summed E-state index contributed by atoms with van der Waals surface area (Å²) >= 11 is 0. The van der Waals surface area contributed by atoms with Crippen molar-refractivity contribution in [2.24, 2.45) is 0 Å². The minimum absolute atomic E-state index is 0.680. The predicted molar refractivity (Wildman–Crippen MR) is 69.3 cm³/mol. The van der Waals surface area contributed by atoms with Gasteiger partial charge < -0.3 is 40.7 Å². The molecule has 1 heterocycles. The Kier molecular flexibility index (Phi) is 5.65. The van der Waals surface area contributed by atoms with Gasteiger partial charge in [0, 0.05) is 13.3 Å². The Morgan fingerprint density at radius 2 is 2.13 bits per heavy atom. The number of rotatable bonds is 5. The average molecular weight is 334 g/mol. The number of nitrogens with one attached hydrogen (secondary N) is 1. The number of nitriles is 1. The molecule has 0 aromatic heterocycles. The van der Waals surface area contributed by atoms with E-state index in [4.69, 9.17) is 20.2 Å².